The standard InChI is InChI=1S/C18H18N2O3S/c1-13-9-11-15(12-10-13)24(21,22)17-18(20(2)3)23-16(19-17)14-7-5-4-6-8-14/h4-12H,1-3H3. The number of benzene rings is 2. The predicted molar refractivity (Wildman–Crippen MR) is 92.9 cm³/mol. The third kappa shape index (κ3) is 2.92. The second kappa shape index (κ2) is 6.13. The predicted octanol–water partition coefficient (Wildman–Crippen LogP) is 3.55. The number of hydrogen-bond acceptors (Lipinski definition) is 5. The Morgan fingerprint density at radius 3 is 2.17 bits per heavy atom. The van der Waals surface area contributed by atoms with Crippen molar-refractivity contribution >= 4 is 15.7 Å². The summed E-state index contributed by atoms with van der Waals surface area (Å²) in [5, 5.41) is -0.0739. The van der Waals surface area contributed by atoms with Crippen molar-refractivity contribution in [2.24, 2.45) is 0 Å². The Balaban J connectivity index is 2.16. The van der Waals surface area contributed by atoms with Crippen molar-refractivity contribution in [3.8, 4) is 11.5 Å². The third-order valence-corrected chi connectivity index (χ3v) is 5.26. The lowest BCUT2D eigenvalue weighted by atomic mass is 10.2. The highest BCUT2D eigenvalue weighted by molar-refractivity contribution is 7.91. The van der Waals surface area contributed by atoms with E-state index < -0.39 is 9.84 Å². The van der Waals surface area contributed by atoms with E-state index in [0.29, 0.717) is 0 Å². The van der Waals surface area contributed by atoms with E-state index in [9.17, 15) is 8.42 Å². The van der Waals surface area contributed by atoms with Crippen LogP contribution in [0.1, 0.15) is 5.56 Å². The average molecular weight is 342 g/mol. The van der Waals surface area contributed by atoms with Crippen molar-refractivity contribution in [2.45, 2.75) is 16.8 Å². The molecule has 24 heavy (non-hydrogen) atoms. The quantitative estimate of drug-likeness (QED) is 0.725. The molecule has 6 heteroatoms. The maximum absolute atomic E-state index is 13.0. The van der Waals surface area contributed by atoms with Gasteiger partial charge in [0, 0.05) is 19.7 Å². The smallest absolute Gasteiger partial charge is 0.235 e. The number of anilines is 1. The van der Waals surface area contributed by atoms with Crippen LogP contribution in [0.2, 0.25) is 0 Å². The molecule has 0 aliphatic carbocycles. The minimum atomic E-state index is -3.77. The Kier molecular flexibility index (Phi) is 4.15. The van der Waals surface area contributed by atoms with Gasteiger partial charge in [-0.25, -0.2) is 8.42 Å². The van der Waals surface area contributed by atoms with Crippen LogP contribution in [0.5, 0.6) is 0 Å². The Hall–Kier alpha value is -2.60. The lowest BCUT2D eigenvalue weighted by molar-refractivity contribution is 0.564. The molecule has 5 nitrogen and oxygen atoms in total. The highest BCUT2D eigenvalue weighted by atomic mass is 32.2. The first-order chi connectivity index (χ1) is 11.4. The van der Waals surface area contributed by atoms with Gasteiger partial charge in [0.1, 0.15) is 0 Å². The van der Waals surface area contributed by atoms with E-state index in [4.69, 9.17) is 4.42 Å². The van der Waals surface area contributed by atoms with Gasteiger partial charge in [-0.05, 0) is 31.2 Å². The van der Waals surface area contributed by atoms with Crippen molar-refractivity contribution in [3.05, 3.63) is 60.2 Å². The summed E-state index contributed by atoms with van der Waals surface area (Å²) in [7, 11) is -0.314. The Morgan fingerprint density at radius 1 is 0.958 bits per heavy atom. The molecular weight excluding hydrogens is 324 g/mol. The van der Waals surface area contributed by atoms with Gasteiger partial charge in [-0.15, -0.1) is 0 Å². The topological polar surface area (TPSA) is 63.4 Å². The highest BCUT2D eigenvalue weighted by Gasteiger charge is 2.29. The number of aryl methyl sites for hydroxylation is 1. The second-order valence-electron chi connectivity index (χ2n) is 5.71. The molecule has 3 rings (SSSR count). The van der Waals surface area contributed by atoms with E-state index in [0.717, 1.165) is 11.1 Å². The summed E-state index contributed by atoms with van der Waals surface area (Å²) >= 11 is 0. The Bertz CT molecular complexity index is 944. The van der Waals surface area contributed by atoms with E-state index >= 15 is 0 Å². The zero-order valence-corrected chi connectivity index (χ0v) is 14.5. The molecule has 0 unspecified atom stereocenters. The van der Waals surface area contributed by atoms with Gasteiger partial charge in [-0.1, -0.05) is 35.9 Å². The SMILES string of the molecule is Cc1ccc(S(=O)(=O)c2nc(-c3ccccc3)oc2N(C)C)cc1. The average Bonchev–Trinajstić information content (AvgIpc) is 3.02. The van der Waals surface area contributed by atoms with Crippen molar-refractivity contribution in [1.29, 1.82) is 0 Å². The molecule has 124 valence electrons. The Morgan fingerprint density at radius 2 is 1.58 bits per heavy atom. The van der Waals surface area contributed by atoms with Crippen molar-refractivity contribution in [2.75, 3.05) is 19.0 Å². The van der Waals surface area contributed by atoms with Crippen LogP contribution in [0.4, 0.5) is 5.88 Å². The van der Waals surface area contributed by atoms with E-state index in [1.54, 1.807) is 43.3 Å². The van der Waals surface area contributed by atoms with Gasteiger partial charge in [-0.3, -0.25) is 0 Å². The molecule has 0 radical (unpaired) electrons. The van der Waals surface area contributed by atoms with Crippen LogP contribution in [-0.4, -0.2) is 27.5 Å². The molecule has 1 heterocycles. The molecule has 0 amide bonds. The minimum absolute atomic E-state index is 0.0739. The molecule has 3 aromatic rings. The zero-order valence-electron chi connectivity index (χ0n) is 13.7. The summed E-state index contributed by atoms with van der Waals surface area (Å²) in [5.41, 5.74) is 1.72. The second-order valence-corrected chi connectivity index (χ2v) is 7.57. The molecule has 0 saturated carbocycles. The lowest BCUT2D eigenvalue weighted by Crippen LogP contribution is -2.13. The molecule has 0 saturated heterocycles. The molecular formula is C18H18N2O3S. The van der Waals surface area contributed by atoms with Crippen LogP contribution in [0.25, 0.3) is 11.5 Å². The number of hydrogen-bond donors (Lipinski definition) is 0. The van der Waals surface area contributed by atoms with Crippen LogP contribution in [0, 0.1) is 6.92 Å². The van der Waals surface area contributed by atoms with Gasteiger partial charge >= 0.3 is 0 Å². The first-order valence-corrected chi connectivity index (χ1v) is 8.93. The number of aromatic nitrogens is 1. The first kappa shape index (κ1) is 16.3. The third-order valence-electron chi connectivity index (χ3n) is 3.59. The summed E-state index contributed by atoms with van der Waals surface area (Å²) in [4.78, 5) is 6.09. The Labute approximate surface area is 141 Å². The summed E-state index contributed by atoms with van der Waals surface area (Å²) in [6, 6.07) is 15.9. The molecule has 0 fully saturated rings. The minimum Gasteiger partial charge on any atom is -0.419 e. The van der Waals surface area contributed by atoms with Gasteiger partial charge in [0.05, 0.1) is 4.90 Å². The highest BCUT2D eigenvalue weighted by Crippen LogP contribution is 2.33. The zero-order chi connectivity index (χ0) is 17.3. The molecule has 0 bridgehead atoms. The molecule has 0 aliphatic rings. The number of oxazole rings is 1. The number of rotatable bonds is 4. The van der Waals surface area contributed by atoms with Crippen LogP contribution >= 0.6 is 0 Å². The fourth-order valence-electron chi connectivity index (χ4n) is 2.29. The maximum atomic E-state index is 13.0. The summed E-state index contributed by atoms with van der Waals surface area (Å²) < 4.78 is 31.7. The normalized spacial score (nSPS) is 11.5. The molecule has 2 aromatic carbocycles. The molecule has 1 aromatic heterocycles. The first-order valence-electron chi connectivity index (χ1n) is 7.45. The van der Waals surface area contributed by atoms with Gasteiger partial charge in [0.15, 0.2) is 0 Å². The van der Waals surface area contributed by atoms with Crippen LogP contribution < -0.4 is 4.90 Å². The van der Waals surface area contributed by atoms with Crippen molar-refractivity contribution in [1.82, 2.24) is 4.98 Å². The van der Waals surface area contributed by atoms with Crippen LogP contribution in [0.15, 0.2) is 68.9 Å². The fourth-order valence-corrected chi connectivity index (χ4v) is 3.66. The van der Waals surface area contributed by atoms with Crippen molar-refractivity contribution < 1.29 is 12.8 Å². The van der Waals surface area contributed by atoms with Gasteiger partial charge in [0.2, 0.25) is 26.6 Å². The van der Waals surface area contributed by atoms with E-state index in [2.05, 4.69) is 4.98 Å². The summed E-state index contributed by atoms with van der Waals surface area (Å²) in [5.74, 6) is 0.499. The van der Waals surface area contributed by atoms with E-state index in [-0.39, 0.29) is 21.7 Å². The molecule has 0 spiro atoms. The fraction of sp³-hybridized carbons (Fsp3) is 0.167. The summed E-state index contributed by atoms with van der Waals surface area (Å²) in [6.45, 7) is 1.91. The lowest BCUT2D eigenvalue weighted by Gasteiger charge is -2.10. The monoisotopic (exact) mass is 342 g/mol. The molecule has 0 atom stereocenters. The maximum Gasteiger partial charge on any atom is 0.235 e. The molecule has 0 aliphatic heterocycles. The van der Waals surface area contributed by atoms with E-state index in [1.165, 1.54) is 0 Å². The summed E-state index contributed by atoms with van der Waals surface area (Å²) in [6.07, 6.45) is 0. The van der Waals surface area contributed by atoms with Crippen LogP contribution in [0.3, 0.4) is 0 Å². The van der Waals surface area contributed by atoms with Crippen molar-refractivity contribution in [3.63, 3.8) is 0 Å². The van der Waals surface area contributed by atoms with Gasteiger partial charge < -0.3 is 9.32 Å². The number of sulfone groups is 1. The number of nitrogens with zero attached hydrogens (tertiary/aromatic N) is 2. The van der Waals surface area contributed by atoms with E-state index in [1.807, 2.05) is 37.3 Å². The van der Waals surface area contributed by atoms with Crippen LogP contribution in [-0.2, 0) is 9.84 Å². The largest absolute Gasteiger partial charge is 0.419 e. The molecule has 0 N–H and O–H groups in total. The van der Waals surface area contributed by atoms with Gasteiger partial charge in [-0.2, -0.15) is 4.98 Å². The van der Waals surface area contributed by atoms with Gasteiger partial charge in [0.25, 0.3) is 0 Å².